The number of aliphatic hydroxyl groups is 1. The fourth-order valence-electron chi connectivity index (χ4n) is 2.19. The Morgan fingerprint density at radius 3 is 2.28 bits per heavy atom. The molecule has 7 nitrogen and oxygen atoms in total. The third kappa shape index (κ3) is 8.39. The van der Waals surface area contributed by atoms with Gasteiger partial charge in [-0.2, -0.15) is 0 Å². The lowest BCUT2D eigenvalue weighted by Gasteiger charge is -2.22. The van der Waals surface area contributed by atoms with Crippen LogP contribution in [0.3, 0.4) is 0 Å². The number of methoxy groups -OCH3 is 2. The van der Waals surface area contributed by atoms with Crippen LogP contribution in [0.1, 0.15) is 25.7 Å². The van der Waals surface area contributed by atoms with Gasteiger partial charge in [-0.1, -0.05) is 0 Å². The average molecular weight is 353 g/mol. The Morgan fingerprint density at radius 1 is 1.00 bits per heavy atom. The lowest BCUT2D eigenvalue weighted by atomic mass is 10.2. The number of hydrogen-bond donors (Lipinski definition) is 1. The summed E-state index contributed by atoms with van der Waals surface area (Å²) in [4.78, 5) is 25.1. The van der Waals surface area contributed by atoms with Gasteiger partial charge in [-0.05, 0) is 37.1 Å². The summed E-state index contributed by atoms with van der Waals surface area (Å²) in [5, 5.41) is 8.94. The van der Waals surface area contributed by atoms with Gasteiger partial charge in [-0.15, -0.1) is 0 Å². The summed E-state index contributed by atoms with van der Waals surface area (Å²) >= 11 is 0. The number of amides is 1. The van der Waals surface area contributed by atoms with E-state index in [1.54, 1.807) is 12.0 Å². The third-order valence-corrected chi connectivity index (χ3v) is 3.62. The molecule has 1 rings (SSSR count). The van der Waals surface area contributed by atoms with Gasteiger partial charge >= 0.3 is 5.97 Å². The molecule has 0 bridgehead atoms. The molecule has 1 aromatic rings. The Labute approximate surface area is 148 Å². The number of carbonyl (C=O) groups excluding carboxylic acids is 2. The first-order valence-electron chi connectivity index (χ1n) is 8.33. The van der Waals surface area contributed by atoms with E-state index in [1.807, 2.05) is 24.3 Å². The van der Waals surface area contributed by atoms with E-state index in [-0.39, 0.29) is 24.9 Å². The molecule has 0 atom stereocenters. The van der Waals surface area contributed by atoms with Gasteiger partial charge in [-0.25, -0.2) is 0 Å². The molecule has 7 heteroatoms. The van der Waals surface area contributed by atoms with Gasteiger partial charge in [0.05, 0.1) is 27.2 Å². The number of esters is 1. The second-order valence-corrected chi connectivity index (χ2v) is 5.41. The van der Waals surface area contributed by atoms with E-state index in [9.17, 15) is 9.59 Å². The Kier molecular flexibility index (Phi) is 10.1. The summed E-state index contributed by atoms with van der Waals surface area (Å²) in [6.07, 6.45) is 1.52. The van der Waals surface area contributed by atoms with E-state index in [0.29, 0.717) is 39.0 Å². The molecule has 25 heavy (non-hydrogen) atoms. The maximum absolute atomic E-state index is 12.3. The van der Waals surface area contributed by atoms with E-state index < -0.39 is 0 Å². The van der Waals surface area contributed by atoms with Gasteiger partial charge in [0.2, 0.25) is 5.91 Å². The zero-order chi connectivity index (χ0) is 18.5. The zero-order valence-electron chi connectivity index (χ0n) is 14.9. The van der Waals surface area contributed by atoms with Crippen molar-refractivity contribution in [1.29, 1.82) is 0 Å². The molecular formula is C18H27NO6. The van der Waals surface area contributed by atoms with Crippen LogP contribution in [0.5, 0.6) is 11.5 Å². The van der Waals surface area contributed by atoms with Crippen LogP contribution in [0.25, 0.3) is 0 Å². The largest absolute Gasteiger partial charge is 0.497 e. The predicted molar refractivity (Wildman–Crippen MR) is 92.6 cm³/mol. The summed E-state index contributed by atoms with van der Waals surface area (Å²) in [5.74, 6) is 1.06. The molecule has 0 saturated heterocycles. The quantitative estimate of drug-likeness (QED) is 0.454. The second kappa shape index (κ2) is 12.1. The number of hydrogen-bond acceptors (Lipinski definition) is 6. The Hall–Kier alpha value is -2.28. The monoisotopic (exact) mass is 353 g/mol. The molecular weight excluding hydrogens is 326 g/mol. The average Bonchev–Trinajstić information content (AvgIpc) is 2.65. The van der Waals surface area contributed by atoms with Crippen molar-refractivity contribution < 1.29 is 28.9 Å². The molecule has 0 heterocycles. The molecule has 1 amide bonds. The van der Waals surface area contributed by atoms with Crippen molar-refractivity contribution in [1.82, 2.24) is 4.90 Å². The molecule has 0 saturated carbocycles. The third-order valence-electron chi connectivity index (χ3n) is 3.62. The highest BCUT2D eigenvalue weighted by molar-refractivity contribution is 5.77. The number of nitrogens with zero attached hydrogens (tertiary/aromatic N) is 1. The molecule has 0 spiro atoms. The van der Waals surface area contributed by atoms with Crippen molar-refractivity contribution in [2.45, 2.75) is 25.7 Å². The van der Waals surface area contributed by atoms with Crippen molar-refractivity contribution in [3.63, 3.8) is 0 Å². The highest BCUT2D eigenvalue weighted by atomic mass is 16.5. The molecule has 0 fully saturated rings. The van der Waals surface area contributed by atoms with E-state index in [2.05, 4.69) is 4.74 Å². The van der Waals surface area contributed by atoms with Crippen LogP contribution < -0.4 is 9.47 Å². The smallest absolute Gasteiger partial charge is 0.307 e. The zero-order valence-corrected chi connectivity index (χ0v) is 14.9. The second-order valence-electron chi connectivity index (χ2n) is 5.41. The number of aliphatic hydroxyl groups excluding tert-OH is 1. The fourth-order valence-corrected chi connectivity index (χ4v) is 2.19. The van der Waals surface area contributed by atoms with Crippen LogP contribution in [-0.4, -0.2) is 62.4 Å². The van der Waals surface area contributed by atoms with Crippen molar-refractivity contribution >= 4 is 11.9 Å². The lowest BCUT2D eigenvalue weighted by molar-refractivity contribution is -0.141. The standard InChI is InChI=1S/C18H27NO6/c1-23-15-6-8-16(9-7-15)25-14-3-5-17(21)19(11-4-13-20)12-10-18(22)24-2/h6-9,20H,3-5,10-14H2,1-2H3. The Bertz CT molecular complexity index is 517. The van der Waals surface area contributed by atoms with Gasteiger partial charge in [0.15, 0.2) is 0 Å². The predicted octanol–water partition coefficient (Wildman–Crippen LogP) is 1.63. The molecule has 1 N–H and O–H groups in total. The van der Waals surface area contributed by atoms with E-state index in [1.165, 1.54) is 7.11 Å². The van der Waals surface area contributed by atoms with Crippen molar-refractivity contribution in [2.24, 2.45) is 0 Å². The van der Waals surface area contributed by atoms with E-state index >= 15 is 0 Å². The molecule has 0 aromatic heterocycles. The van der Waals surface area contributed by atoms with Crippen molar-refractivity contribution in [2.75, 3.05) is 40.5 Å². The summed E-state index contributed by atoms with van der Waals surface area (Å²) in [6, 6.07) is 7.24. The van der Waals surface area contributed by atoms with Gasteiger partial charge in [0, 0.05) is 26.1 Å². The fraction of sp³-hybridized carbons (Fsp3) is 0.556. The van der Waals surface area contributed by atoms with Crippen LogP contribution in [0.15, 0.2) is 24.3 Å². The summed E-state index contributed by atoms with van der Waals surface area (Å²) in [7, 11) is 2.92. The minimum absolute atomic E-state index is 0.00256. The SMILES string of the molecule is COC(=O)CCN(CCCO)C(=O)CCCOc1ccc(OC)cc1. The maximum Gasteiger partial charge on any atom is 0.307 e. The summed E-state index contributed by atoms with van der Waals surface area (Å²) < 4.78 is 15.3. The molecule has 140 valence electrons. The maximum atomic E-state index is 12.3. The number of benzene rings is 1. The van der Waals surface area contributed by atoms with E-state index in [4.69, 9.17) is 14.6 Å². The summed E-state index contributed by atoms with van der Waals surface area (Å²) in [5.41, 5.74) is 0. The Balaban J connectivity index is 2.35. The van der Waals surface area contributed by atoms with Gasteiger partial charge in [0.25, 0.3) is 0 Å². The van der Waals surface area contributed by atoms with Gasteiger partial charge in [0.1, 0.15) is 11.5 Å². The molecule has 0 aliphatic heterocycles. The van der Waals surface area contributed by atoms with Crippen LogP contribution in [-0.2, 0) is 14.3 Å². The van der Waals surface area contributed by atoms with Crippen LogP contribution in [0.2, 0.25) is 0 Å². The number of carbonyl (C=O) groups is 2. The van der Waals surface area contributed by atoms with Crippen molar-refractivity contribution in [3.05, 3.63) is 24.3 Å². The molecule has 0 radical (unpaired) electrons. The van der Waals surface area contributed by atoms with Crippen LogP contribution in [0, 0.1) is 0 Å². The van der Waals surface area contributed by atoms with Crippen LogP contribution in [0.4, 0.5) is 0 Å². The first kappa shape index (κ1) is 20.8. The molecule has 0 aliphatic carbocycles. The van der Waals surface area contributed by atoms with Gasteiger partial charge < -0.3 is 24.2 Å². The van der Waals surface area contributed by atoms with E-state index in [0.717, 1.165) is 11.5 Å². The molecule has 1 aromatic carbocycles. The molecule has 0 aliphatic rings. The molecule has 0 unspecified atom stereocenters. The summed E-state index contributed by atoms with van der Waals surface area (Å²) in [6.45, 7) is 1.14. The number of rotatable bonds is 12. The first-order valence-corrected chi connectivity index (χ1v) is 8.33. The van der Waals surface area contributed by atoms with Gasteiger partial charge in [-0.3, -0.25) is 9.59 Å². The van der Waals surface area contributed by atoms with Crippen LogP contribution >= 0.6 is 0 Å². The highest BCUT2D eigenvalue weighted by Gasteiger charge is 2.14. The number of ether oxygens (including phenoxy) is 3. The lowest BCUT2D eigenvalue weighted by Crippen LogP contribution is -2.34. The minimum atomic E-state index is -0.357. The highest BCUT2D eigenvalue weighted by Crippen LogP contribution is 2.17. The Morgan fingerprint density at radius 2 is 1.68 bits per heavy atom. The topological polar surface area (TPSA) is 85.3 Å². The van der Waals surface area contributed by atoms with Crippen molar-refractivity contribution in [3.8, 4) is 11.5 Å². The normalized spacial score (nSPS) is 10.2. The minimum Gasteiger partial charge on any atom is -0.497 e. The first-order chi connectivity index (χ1) is 12.1.